The molecule has 0 saturated carbocycles. The summed E-state index contributed by atoms with van der Waals surface area (Å²) in [4.78, 5) is 1.47. The zero-order valence-corrected chi connectivity index (χ0v) is 21.2. The second-order valence-electron chi connectivity index (χ2n) is 8.75. The number of ether oxygens (including phenoxy) is 1. The number of methoxy groups -OCH3 is 1. The Hall–Kier alpha value is -4.24. The van der Waals surface area contributed by atoms with Crippen LogP contribution in [0.15, 0.2) is 70.4 Å². The van der Waals surface area contributed by atoms with E-state index in [-0.39, 0.29) is 27.7 Å². The number of hydrogen-bond donors (Lipinski definition) is 1. The first-order valence-corrected chi connectivity index (χ1v) is 12.4. The number of fused-ring (bicyclic) bond motifs is 1. The van der Waals surface area contributed by atoms with Crippen LogP contribution < -0.4 is 14.4 Å². The summed E-state index contributed by atoms with van der Waals surface area (Å²) in [6, 6.07) is 7.90. The summed E-state index contributed by atoms with van der Waals surface area (Å²) in [5, 5.41) is 3.54. The molecule has 38 heavy (non-hydrogen) atoms. The standard InChI is InChI=1S/C26H21F4N3O4S/c1-16-5-6-18-13-19(38(34,35)32-24-10-12-37-31-24)7-8-21(18)33(16)22-15-20(27)17(14-23(22)36-4)9-11-25(2,3)26(28,29)30/h5-8,10,12-15H,1H2,2-4H3,(H,31,32). The number of rotatable bonds is 5. The summed E-state index contributed by atoms with van der Waals surface area (Å²) in [6.07, 6.45) is -0.137. The highest BCUT2D eigenvalue weighted by Gasteiger charge is 2.46. The van der Waals surface area contributed by atoms with Crippen LogP contribution in [0.2, 0.25) is 0 Å². The minimum atomic E-state index is -4.60. The van der Waals surface area contributed by atoms with Crippen LogP contribution in [0.3, 0.4) is 0 Å². The Morgan fingerprint density at radius 2 is 1.84 bits per heavy atom. The number of allylic oxidation sites excluding steroid dienone is 1. The summed E-state index contributed by atoms with van der Waals surface area (Å²) in [5.41, 5.74) is -1.09. The molecule has 3 aromatic rings. The predicted molar refractivity (Wildman–Crippen MR) is 134 cm³/mol. The van der Waals surface area contributed by atoms with Crippen molar-refractivity contribution < 1.29 is 35.2 Å². The molecule has 0 radical (unpaired) electrons. The Balaban J connectivity index is 1.74. The van der Waals surface area contributed by atoms with Gasteiger partial charge in [0.15, 0.2) is 5.82 Å². The van der Waals surface area contributed by atoms with Crippen LogP contribution in [0.5, 0.6) is 5.75 Å². The lowest BCUT2D eigenvalue weighted by Crippen LogP contribution is -2.30. The number of nitrogens with zero attached hydrogens (tertiary/aromatic N) is 2. The molecule has 12 heteroatoms. The van der Waals surface area contributed by atoms with Gasteiger partial charge in [-0.05, 0) is 43.7 Å². The number of hydrogen-bond acceptors (Lipinski definition) is 6. The number of halogens is 4. The van der Waals surface area contributed by atoms with Crippen LogP contribution in [0.1, 0.15) is 25.0 Å². The van der Waals surface area contributed by atoms with Crippen LogP contribution in [0, 0.1) is 23.1 Å². The molecule has 0 fully saturated rings. The summed E-state index contributed by atoms with van der Waals surface area (Å²) in [6.45, 7) is 5.78. The Bertz CT molecular complexity index is 1600. The number of benzene rings is 2. The van der Waals surface area contributed by atoms with Gasteiger partial charge in [0.25, 0.3) is 10.0 Å². The van der Waals surface area contributed by atoms with E-state index in [1.807, 2.05) is 0 Å². The molecule has 0 amide bonds. The molecule has 198 valence electrons. The minimum Gasteiger partial charge on any atom is -0.495 e. The zero-order chi connectivity index (χ0) is 27.9. The molecule has 4 rings (SSSR count). The van der Waals surface area contributed by atoms with Crippen LogP contribution in [0.4, 0.5) is 34.8 Å². The largest absolute Gasteiger partial charge is 0.495 e. The molecule has 0 unspecified atom stereocenters. The highest BCUT2D eigenvalue weighted by atomic mass is 32.2. The first kappa shape index (κ1) is 26.8. The fraction of sp³-hybridized carbons (Fsp3) is 0.192. The lowest BCUT2D eigenvalue weighted by Gasteiger charge is -2.31. The third kappa shape index (κ3) is 5.10. The molecule has 1 aliphatic heterocycles. The maximum atomic E-state index is 15.1. The number of anilines is 3. The quantitative estimate of drug-likeness (QED) is 0.301. The molecule has 0 bridgehead atoms. The summed E-state index contributed by atoms with van der Waals surface area (Å²) < 4.78 is 92.5. The second kappa shape index (κ2) is 9.57. The van der Waals surface area contributed by atoms with Crippen molar-refractivity contribution in [1.29, 1.82) is 0 Å². The van der Waals surface area contributed by atoms with E-state index in [1.54, 1.807) is 12.2 Å². The molecule has 1 aromatic heterocycles. The summed E-state index contributed by atoms with van der Waals surface area (Å²) in [7, 11) is -2.67. The van der Waals surface area contributed by atoms with Gasteiger partial charge in [-0.1, -0.05) is 29.7 Å². The minimum absolute atomic E-state index is 0.00953. The molecule has 0 aliphatic carbocycles. The van der Waals surface area contributed by atoms with E-state index in [4.69, 9.17) is 4.74 Å². The van der Waals surface area contributed by atoms with Gasteiger partial charge in [0.2, 0.25) is 0 Å². The van der Waals surface area contributed by atoms with Crippen molar-refractivity contribution in [3.05, 3.63) is 78.0 Å². The SMILES string of the molecule is C=C1C=Cc2cc(S(=O)(=O)Nc3ccon3)ccc2N1c1cc(F)c(C#CC(C)(C)C(F)(F)F)cc1OC. The molecular weight excluding hydrogens is 526 g/mol. The van der Waals surface area contributed by atoms with E-state index in [2.05, 4.69) is 32.8 Å². The van der Waals surface area contributed by atoms with Crippen molar-refractivity contribution in [3.8, 4) is 17.6 Å². The molecule has 2 heterocycles. The molecule has 0 saturated heterocycles. The predicted octanol–water partition coefficient (Wildman–Crippen LogP) is 6.24. The number of aromatic nitrogens is 1. The van der Waals surface area contributed by atoms with Crippen molar-refractivity contribution in [1.82, 2.24) is 5.16 Å². The van der Waals surface area contributed by atoms with Crippen LogP contribution in [-0.4, -0.2) is 26.9 Å². The average Bonchev–Trinajstić information content (AvgIpc) is 3.34. The van der Waals surface area contributed by atoms with E-state index in [9.17, 15) is 21.6 Å². The van der Waals surface area contributed by atoms with Gasteiger partial charge in [0.1, 0.15) is 23.2 Å². The molecule has 1 aliphatic rings. The van der Waals surface area contributed by atoms with Crippen molar-refractivity contribution in [2.24, 2.45) is 5.41 Å². The van der Waals surface area contributed by atoms with E-state index in [1.165, 1.54) is 48.6 Å². The van der Waals surface area contributed by atoms with Crippen LogP contribution >= 0.6 is 0 Å². The monoisotopic (exact) mass is 547 g/mol. The molecular formula is C26H21F4N3O4S. The zero-order valence-electron chi connectivity index (χ0n) is 20.4. The molecule has 1 N–H and O–H groups in total. The van der Waals surface area contributed by atoms with Crippen LogP contribution in [-0.2, 0) is 10.0 Å². The number of alkyl halides is 3. The lowest BCUT2D eigenvalue weighted by molar-refractivity contribution is -0.190. The van der Waals surface area contributed by atoms with E-state index < -0.39 is 27.4 Å². The van der Waals surface area contributed by atoms with Crippen molar-refractivity contribution >= 4 is 33.3 Å². The molecule has 0 atom stereocenters. The van der Waals surface area contributed by atoms with Gasteiger partial charge in [0, 0.05) is 23.9 Å². The molecule has 0 spiro atoms. The maximum absolute atomic E-state index is 15.1. The van der Waals surface area contributed by atoms with E-state index >= 15 is 4.39 Å². The molecule has 7 nitrogen and oxygen atoms in total. The van der Waals surface area contributed by atoms with Gasteiger partial charge in [-0.25, -0.2) is 12.8 Å². The van der Waals surface area contributed by atoms with Gasteiger partial charge >= 0.3 is 6.18 Å². The Morgan fingerprint density at radius 1 is 1.11 bits per heavy atom. The Labute approximate surface area is 216 Å². The van der Waals surface area contributed by atoms with Gasteiger partial charge in [-0.15, -0.1) is 0 Å². The number of sulfonamides is 1. The average molecular weight is 548 g/mol. The number of nitrogens with one attached hydrogen (secondary N) is 1. The Kier molecular flexibility index (Phi) is 6.75. The Morgan fingerprint density at radius 3 is 2.47 bits per heavy atom. The fourth-order valence-corrected chi connectivity index (χ4v) is 4.50. The smallest absolute Gasteiger partial charge is 0.404 e. The topological polar surface area (TPSA) is 84.7 Å². The third-order valence-corrected chi connectivity index (χ3v) is 7.05. The van der Waals surface area contributed by atoms with Crippen molar-refractivity contribution in [2.45, 2.75) is 24.9 Å². The summed E-state index contributed by atoms with van der Waals surface area (Å²) >= 11 is 0. The first-order chi connectivity index (χ1) is 17.7. The lowest BCUT2D eigenvalue weighted by atomic mass is 9.93. The van der Waals surface area contributed by atoms with Gasteiger partial charge in [0.05, 0.1) is 28.9 Å². The maximum Gasteiger partial charge on any atom is 0.404 e. The van der Waals surface area contributed by atoms with Gasteiger partial charge in [-0.3, -0.25) is 4.72 Å². The van der Waals surface area contributed by atoms with Crippen molar-refractivity contribution in [2.75, 3.05) is 16.7 Å². The van der Waals surface area contributed by atoms with Gasteiger partial charge in [-0.2, -0.15) is 13.2 Å². The van der Waals surface area contributed by atoms with E-state index in [0.717, 1.165) is 19.9 Å². The highest BCUT2D eigenvalue weighted by Crippen LogP contribution is 2.43. The van der Waals surface area contributed by atoms with Crippen LogP contribution in [0.25, 0.3) is 6.08 Å². The van der Waals surface area contributed by atoms with E-state index in [0.29, 0.717) is 16.9 Å². The molecule has 2 aromatic carbocycles. The summed E-state index contributed by atoms with van der Waals surface area (Å²) in [5.74, 6) is 3.61. The first-order valence-electron chi connectivity index (χ1n) is 11.0. The van der Waals surface area contributed by atoms with Gasteiger partial charge < -0.3 is 14.2 Å². The second-order valence-corrected chi connectivity index (χ2v) is 10.4. The fourth-order valence-electron chi connectivity index (χ4n) is 3.47. The van der Waals surface area contributed by atoms with Crippen molar-refractivity contribution in [3.63, 3.8) is 0 Å². The normalized spacial score (nSPS) is 13.6. The highest BCUT2D eigenvalue weighted by molar-refractivity contribution is 7.92. The third-order valence-electron chi connectivity index (χ3n) is 5.70.